The molecule has 1 aromatic heterocycles. The molecule has 144 valence electrons. The molecule has 2 heterocycles. The van der Waals surface area contributed by atoms with Crippen molar-refractivity contribution in [1.29, 1.82) is 0 Å². The monoisotopic (exact) mass is 390 g/mol. The molecule has 2 unspecified atom stereocenters. The molecular formula is C19H23ClN4O3. The maximum absolute atomic E-state index is 12.5. The number of hydrogen-bond donors (Lipinski definition) is 2. The molecule has 8 heteroatoms. The van der Waals surface area contributed by atoms with Gasteiger partial charge in [0.05, 0.1) is 25.2 Å². The van der Waals surface area contributed by atoms with Crippen LogP contribution in [0.3, 0.4) is 0 Å². The van der Waals surface area contributed by atoms with Gasteiger partial charge < -0.3 is 10.4 Å². The van der Waals surface area contributed by atoms with Crippen LogP contribution < -0.4 is 5.32 Å². The lowest BCUT2D eigenvalue weighted by Crippen LogP contribution is -2.45. The average molecular weight is 391 g/mol. The van der Waals surface area contributed by atoms with Crippen molar-refractivity contribution < 1.29 is 14.7 Å². The number of hydrogen-bond acceptors (Lipinski definition) is 4. The number of likely N-dealkylation sites (tertiary alicyclic amines) is 1. The first-order valence-corrected chi connectivity index (χ1v) is 9.30. The molecule has 1 aromatic carbocycles. The van der Waals surface area contributed by atoms with E-state index in [0.29, 0.717) is 30.4 Å². The second-order valence-electron chi connectivity index (χ2n) is 7.08. The summed E-state index contributed by atoms with van der Waals surface area (Å²) in [5, 5.41) is 17.0. The van der Waals surface area contributed by atoms with Crippen LogP contribution in [0.4, 0.5) is 5.82 Å². The van der Waals surface area contributed by atoms with E-state index in [1.807, 2.05) is 36.1 Å². The van der Waals surface area contributed by atoms with Crippen LogP contribution >= 0.6 is 11.6 Å². The van der Waals surface area contributed by atoms with Crippen LogP contribution in [0.25, 0.3) is 0 Å². The summed E-state index contributed by atoms with van der Waals surface area (Å²) in [6, 6.07) is 9.22. The molecule has 7 nitrogen and oxygen atoms in total. The van der Waals surface area contributed by atoms with Crippen LogP contribution in [0, 0.1) is 11.8 Å². The Bertz CT molecular complexity index is 823. The predicted molar refractivity (Wildman–Crippen MR) is 103 cm³/mol. The quantitative estimate of drug-likeness (QED) is 0.791. The van der Waals surface area contributed by atoms with E-state index in [-0.39, 0.29) is 18.4 Å². The van der Waals surface area contributed by atoms with Gasteiger partial charge >= 0.3 is 5.97 Å². The normalized spacial score (nSPS) is 20.4. The van der Waals surface area contributed by atoms with Crippen molar-refractivity contribution in [2.45, 2.75) is 19.9 Å². The summed E-state index contributed by atoms with van der Waals surface area (Å²) >= 11 is 6.20. The van der Waals surface area contributed by atoms with Gasteiger partial charge in [-0.25, -0.2) is 4.68 Å². The highest BCUT2D eigenvalue weighted by molar-refractivity contribution is 6.31. The highest BCUT2D eigenvalue weighted by Crippen LogP contribution is 2.22. The maximum Gasteiger partial charge on any atom is 0.307 e. The molecule has 0 spiro atoms. The molecule has 2 atom stereocenters. The van der Waals surface area contributed by atoms with E-state index in [4.69, 9.17) is 11.6 Å². The zero-order valence-corrected chi connectivity index (χ0v) is 15.9. The number of halogens is 1. The minimum absolute atomic E-state index is 0.158. The molecule has 0 bridgehead atoms. The number of nitrogens with zero attached hydrogens (tertiary/aromatic N) is 3. The SMILES string of the molecule is CC1CC(C(=O)O)CN(CC(=O)Nc2ccnn2Cc2ccccc2Cl)C1. The van der Waals surface area contributed by atoms with Gasteiger partial charge in [0.15, 0.2) is 0 Å². The maximum atomic E-state index is 12.5. The number of carboxylic acid groups (broad SMARTS) is 1. The number of rotatable bonds is 6. The zero-order chi connectivity index (χ0) is 19.4. The lowest BCUT2D eigenvalue weighted by molar-refractivity contribution is -0.144. The summed E-state index contributed by atoms with van der Waals surface area (Å²) in [4.78, 5) is 25.6. The van der Waals surface area contributed by atoms with Gasteiger partial charge in [-0.3, -0.25) is 14.5 Å². The molecule has 0 saturated carbocycles. The van der Waals surface area contributed by atoms with Crippen LogP contribution in [-0.4, -0.2) is 51.3 Å². The lowest BCUT2D eigenvalue weighted by Gasteiger charge is -2.34. The fourth-order valence-electron chi connectivity index (χ4n) is 3.51. The number of amides is 1. The Balaban J connectivity index is 1.61. The minimum Gasteiger partial charge on any atom is -0.481 e. The van der Waals surface area contributed by atoms with Crippen molar-refractivity contribution in [3.05, 3.63) is 47.1 Å². The van der Waals surface area contributed by atoms with Crippen molar-refractivity contribution >= 4 is 29.3 Å². The number of nitrogens with one attached hydrogen (secondary N) is 1. The van der Waals surface area contributed by atoms with Crippen molar-refractivity contribution in [3.8, 4) is 0 Å². The van der Waals surface area contributed by atoms with Crippen LogP contribution in [0.15, 0.2) is 36.5 Å². The molecule has 1 saturated heterocycles. The first-order valence-electron chi connectivity index (χ1n) is 8.92. The Morgan fingerprint density at radius 2 is 2.07 bits per heavy atom. The molecule has 0 radical (unpaired) electrons. The van der Waals surface area contributed by atoms with Crippen molar-refractivity contribution in [3.63, 3.8) is 0 Å². The molecule has 1 aliphatic rings. The third-order valence-electron chi connectivity index (χ3n) is 4.71. The van der Waals surface area contributed by atoms with Gasteiger partial charge in [0.25, 0.3) is 0 Å². The fourth-order valence-corrected chi connectivity index (χ4v) is 3.70. The van der Waals surface area contributed by atoms with Crippen molar-refractivity contribution in [2.24, 2.45) is 11.8 Å². The summed E-state index contributed by atoms with van der Waals surface area (Å²) in [6.07, 6.45) is 2.27. The van der Waals surface area contributed by atoms with Crippen LogP contribution in [0.5, 0.6) is 0 Å². The molecule has 1 aliphatic heterocycles. The summed E-state index contributed by atoms with van der Waals surface area (Å²) in [5.41, 5.74) is 0.910. The van der Waals surface area contributed by atoms with Crippen LogP contribution in [0.2, 0.25) is 5.02 Å². The van der Waals surface area contributed by atoms with Crippen molar-refractivity contribution in [2.75, 3.05) is 25.0 Å². The average Bonchev–Trinajstić information content (AvgIpc) is 3.03. The second kappa shape index (κ2) is 8.54. The number of aliphatic carboxylic acids is 1. The smallest absolute Gasteiger partial charge is 0.307 e. The van der Waals surface area contributed by atoms with Gasteiger partial charge in [-0.05, 0) is 24.0 Å². The molecule has 2 aromatic rings. The third-order valence-corrected chi connectivity index (χ3v) is 5.08. The molecular weight excluding hydrogens is 368 g/mol. The van der Waals surface area contributed by atoms with E-state index in [9.17, 15) is 14.7 Å². The Labute approximate surface area is 162 Å². The van der Waals surface area contributed by atoms with Gasteiger partial charge in [0, 0.05) is 24.2 Å². The summed E-state index contributed by atoms with van der Waals surface area (Å²) < 4.78 is 1.68. The molecule has 0 aliphatic carbocycles. The number of anilines is 1. The number of aromatic nitrogens is 2. The highest BCUT2D eigenvalue weighted by Gasteiger charge is 2.30. The number of piperidine rings is 1. The van der Waals surface area contributed by atoms with E-state index in [1.54, 1.807) is 16.9 Å². The first kappa shape index (κ1) is 19.4. The van der Waals surface area contributed by atoms with Crippen LogP contribution in [0.1, 0.15) is 18.9 Å². The number of carbonyl (C=O) groups excluding carboxylic acids is 1. The molecule has 1 fully saturated rings. The standard InChI is InChI=1S/C19H23ClN4O3/c1-13-8-15(19(26)27)10-23(9-13)12-18(25)22-17-6-7-21-24(17)11-14-4-2-3-5-16(14)20/h2-7,13,15H,8-12H2,1H3,(H,22,25)(H,26,27). The number of carboxylic acids is 1. The Morgan fingerprint density at radius 1 is 1.30 bits per heavy atom. The van der Waals surface area contributed by atoms with Gasteiger partial charge in [-0.15, -0.1) is 0 Å². The molecule has 2 N–H and O–H groups in total. The number of carbonyl (C=O) groups is 2. The predicted octanol–water partition coefficient (Wildman–Crippen LogP) is 2.57. The van der Waals surface area contributed by atoms with Crippen molar-refractivity contribution in [1.82, 2.24) is 14.7 Å². The molecule has 27 heavy (non-hydrogen) atoms. The first-order chi connectivity index (χ1) is 12.9. The Kier molecular flexibility index (Phi) is 6.13. The largest absolute Gasteiger partial charge is 0.481 e. The third kappa shape index (κ3) is 5.08. The van der Waals surface area contributed by atoms with Crippen LogP contribution in [-0.2, 0) is 16.1 Å². The van der Waals surface area contributed by atoms with Gasteiger partial charge in [0.1, 0.15) is 5.82 Å². The summed E-state index contributed by atoms with van der Waals surface area (Å²) in [6.45, 7) is 3.73. The summed E-state index contributed by atoms with van der Waals surface area (Å²) in [5.74, 6) is -0.579. The summed E-state index contributed by atoms with van der Waals surface area (Å²) in [7, 11) is 0. The van der Waals surface area contributed by atoms with Gasteiger partial charge in [-0.2, -0.15) is 5.10 Å². The molecule has 1 amide bonds. The van der Waals surface area contributed by atoms with E-state index in [1.165, 1.54) is 0 Å². The lowest BCUT2D eigenvalue weighted by atomic mass is 9.90. The van der Waals surface area contributed by atoms with Gasteiger partial charge in [0.2, 0.25) is 5.91 Å². The van der Waals surface area contributed by atoms with E-state index in [0.717, 1.165) is 12.1 Å². The molecule has 3 rings (SSSR count). The fraction of sp³-hybridized carbons (Fsp3) is 0.421. The van der Waals surface area contributed by atoms with E-state index in [2.05, 4.69) is 10.4 Å². The van der Waals surface area contributed by atoms with E-state index < -0.39 is 11.9 Å². The number of benzene rings is 1. The topological polar surface area (TPSA) is 87.5 Å². The zero-order valence-electron chi connectivity index (χ0n) is 15.1. The van der Waals surface area contributed by atoms with Gasteiger partial charge in [-0.1, -0.05) is 36.7 Å². The Hall–Kier alpha value is -2.38. The second-order valence-corrected chi connectivity index (χ2v) is 7.49. The Morgan fingerprint density at radius 3 is 2.81 bits per heavy atom. The van der Waals surface area contributed by atoms with E-state index >= 15 is 0 Å². The highest BCUT2D eigenvalue weighted by atomic mass is 35.5. The minimum atomic E-state index is -0.801.